The molecule has 24 heavy (non-hydrogen) atoms. The number of nitrogens with zero attached hydrogens (tertiary/aromatic N) is 1. The fourth-order valence-corrected chi connectivity index (χ4v) is 3.03. The van der Waals surface area contributed by atoms with Crippen LogP contribution < -0.4 is 5.32 Å². The summed E-state index contributed by atoms with van der Waals surface area (Å²) in [7, 11) is 0. The average molecular weight is 314 g/mol. The van der Waals surface area contributed by atoms with Crippen molar-refractivity contribution < 1.29 is 5.11 Å². The molecule has 2 N–H and O–H groups in total. The van der Waals surface area contributed by atoms with Crippen LogP contribution in [0.1, 0.15) is 11.1 Å². The average Bonchev–Trinajstić information content (AvgIpc) is 2.62. The minimum absolute atomic E-state index is 0.0342. The second kappa shape index (κ2) is 5.95. The molecule has 0 saturated heterocycles. The summed E-state index contributed by atoms with van der Waals surface area (Å²) in [5.74, 6) is 0. The van der Waals surface area contributed by atoms with Gasteiger partial charge in [0, 0.05) is 16.5 Å². The number of rotatable bonds is 3. The van der Waals surface area contributed by atoms with E-state index in [2.05, 4.69) is 36.5 Å². The van der Waals surface area contributed by atoms with Crippen LogP contribution in [0.5, 0.6) is 0 Å². The normalized spacial score (nSPS) is 11.1. The predicted octanol–water partition coefficient (Wildman–Crippen LogP) is 4.93. The van der Waals surface area contributed by atoms with Crippen LogP contribution in [0.4, 0.5) is 11.4 Å². The van der Waals surface area contributed by atoms with Gasteiger partial charge in [0.1, 0.15) is 0 Å². The Morgan fingerprint density at radius 3 is 2.58 bits per heavy atom. The van der Waals surface area contributed by atoms with Crippen molar-refractivity contribution >= 4 is 33.2 Å². The lowest BCUT2D eigenvalue weighted by atomic mass is 10.1. The standard InChI is InChI=1S/C21H18N2O/c1-14-9-10-20-18(11-14)21(17-7-2-3-8-19(17)23-20)22-16-6-4-5-15(12-16)13-24/h2-12,24H,13H2,1H3,(H,22,23). The van der Waals surface area contributed by atoms with Crippen LogP contribution in [-0.4, -0.2) is 10.1 Å². The van der Waals surface area contributed by atoms with Gasteiger partial charge >= 0.3 is 0 Å². The molecule has 0 unspecified atom stereocenters. The molecule has 0 spiro atoms. The smallest absolute Gasteiger partial charge is 0.0730 e. The molecule has 0 fully saturated rings. The van der Waals surface area contributed by atoms with Crippen molar-refractivity contribution in [3.05, 3.63) is 77.9 Å². The summed E-state index contributed by atoms with van der Waals surface area (Å²) in [4.78, 5) is 4.77. The van der Waals surface area contributed by atoms with Crippen LogP contribution >= 0.6 is 0 Å². The molecule has 0 aliphatic rings. The minimum atomic E-state index is 0.0342. The summed E-state index contributed by atoms with van der Waals surface area (Å²) in [6.45, 7) is 2.12. The lowest BCUT2D eigenvalue weighted by Crippen LogP contribution is -1.96. The first-order valence-electron chi connectivity index (χ1n) is 8.00. The lowest BCUT2D eigenvalue weighted by molar-refractivity contribution is 0.282. The predicted molar refractivity (Wildman–Crippen MR) is 99.6 cm³/mol. The summed E-state index contributed by atoms with van der Waals surface area (Å²) in [5.41, 5.74) is 6.04. The van der Waals surface area contributed by atoms with Crippen molar-refractivity contribution in [3.8, 4) is 0 Å². The Labute approximate surface area is 140 Å². The topological polar surface area (TPSA) is 45.2 Å². The molecule has 3 heteroatoms. The molecule has 0 aliphatic heterocycles. The number of pyridine rings is 1. The number of hydrogen-bond donors (Lipinski definition) is 2. The Morgan fingerprint density at radius 2 is 1.71 bits per heavy atom. The second-order valence-electron chi connectivity index (χ2n) is 6.01. The first-order valence-corrected chi connectivity index (χ1v) is 8.00. The van der Waals surface area contributed by atoms with E-state index < -0.39 is 0 Å². The van der Waals surface area contributed by atoms with E-state index in [1.807, 2.05) is 42.5 Å². The zero-order valence-electron chi connectivity index (χ0n) is 13.5. The Bertz CT molecular complexity index is 1040. The summed E-state index contributed by atoms with van der Waals surface area (Å²) in [6.07, 6.45) is 0. The molecule has 1 aromatic heterocycles. The monoisotopic (exact) mass is 314 g/mol. The fourth-order valence-electron chi connectivity index (χ4n) is 3.03. The molecule has 1 heterocycles. The SMILES string of the molecule is Cc1ccc2nc3ccccc3c(Nc3cccc(CO)c3)c2c1. The Hall–Kier alpha value is -2.91. The number of fused-ring (bicyclic) bond motifs is 2. The molecule has 0 aliphatic carbocycles. The third kappa shape index (κ3) is 2.59. The molecule has 3 nitrogen and oxygen atoms in total. The first kappa shape index (κ1) is 14.7. The molecule has 118 valence electrons. The van der Waals surface area contributed by atoms with Crippen molar-refractivity contribution in [2.45, 2.75) is 13.5 Å². The molecule has 0 atom stereocenters. The molecule has 4 rings (SSSR count). The van der Waals surface area contributed by atoms with Crippen LogP contribution in [0.3, 0.4) is 0 Å². The summed E-state index contributed by atoms with van der Waals surface area (Å²) in [6, 6.07) is 22.3. The number of nitrogens with one attached hydrogen (secondary N) is 1. The van der Waals surface area contributed by atoms with Crippen molar-refractivity contribution in [2.24, 2.45) is 0 Å². The van der Waals surface area contributed by atoms with E-state index >= 15 is 0 Å². The number of para-hydroxylation sites is 1. The number of benzene rings is 3. The highest BCUT2D eigenvalue weighted by atomic mass is 16.3. The highest BCUT2D eigenvalue weighted by molar-refractivity contribution is 6.08. The van der Waals surface area contributed by atoms with E-state index in [0.717, 1.165) is 38.7 Å². The molecule has 0 radical (unpaired) electrons. The second-order valence-corrected chi connectivity index (χ2v) is 6.01. The number of aryl methyl sites for hydroxylation is 1. The molecular weight excluding hydrogens is 296 g/mol. The van der Waals surface area contributed by atoms with Crippen LogP contribution in [0.25, 0.3) is 21.8 Å². The van der Waals surface area contributed by atoms with E-state index in [9.17, 15) is 5.11 Å². The molecule has 0 bridgehead atoms. The van der Waals surface area contributed by atoms with Gasteiger partial charge in [0.2, 0.25) is 0 Å². The maximum Gasteiger partial charge on any atom is 0.0730 e. The van der Waals surface area contributed by atoms with Crippen LogP contribution in [0, 0.1) is 6.92 Å². The molecule has 3 aromatic carbocycles. The number of anilines is 2. The van der Waals surface area contributed by atoms with E-state index in [4.69, 9.17) is 4.98 Å². The van der Waals surface area contributed by atoms with Gasteiger partial charge in [-0.05, 0) is 42.8 Å². The van der Waals surface area contributed by atoms with Gasteiger partial charge in [0.15, 0.2) is 0 Å². The molecule has 4 aromatic rings. The zero-order chi connectivity index (χ0) is 16.5. The Kier molecular flexibility index (Phi) is 3.63. The van der Waals surface area contributed by atoms with Crippen molar-refractivity contribution in [1.82, 2.24) is 4.98 Å². The minimum Gasteiger partial charge on any atom is -0.392 e. The fraction of sp³-hybridized carbons (Fsp3) is 0.0952. The van der Waals surface area contributed by atoms with E-state index in [1.165, 1.54) is 5.56 Å². The van der Waals surface area contributed by atoms with Gasteiger partial charge in [-0.1, -0.05) is 42.0 Å². The van der Waals surface area contributed by atoms with Crippen molar-refractivity contribution in [2.75, 3.05) is 5.32 Å². The number of aliphatic hydroxyl groups excluding tert-OH is 1. The molecule has 0 amide bonds. The lowest BCUT2D eigenvalue weighted by Gasteiger charge is -2.14. The van der Waals surface area contributed by atoms with E-state index in [-0.39, 0.29) is 6.61 Å². The van der Waals surface area contributed by atoms with Crippen molar-refractivity contribution in [1.29, 1.82) is 0 Å². The van der Waals surface area contributed by atoms with Crippen LogP contribution in [-0.2, 0) is 6.61 Å². The van der Waals surface area contributed by atoms with E-state index in [1.54, 1.807) is 0 Å². The van der Waals surface area contributed by atoms with Crippen molar-refractivity contribution in [3.63, 3.8) is 0 Å². The quantitative estimate of drug-likeness (QED) is 0.527. The maximum absolute atomic E-state index is 9.37. The highest BCUT2D eigenvalue weighted by Gasteiger charge is 2.09. The first-order chi connectivity index (χ1) is 11.7. The molecular formula is C21H18N2O. The Morgan fingerprint density at radius 1 is 0.875 bits per heavy atom. The summed E-state index contributed by atoms with van der Waals surface area (Å²) in [5, 5.41) is 15.1. The van der Waals surface area contributed by atoms with Crippen LogP contribution in [0.15, 0.2) is 66.7 Å². The number of aliphatic hydroxyl groups is 1. The summed E-state index contributed by atoms with van der Waals surface area (Å²) < 4.78 is 0. The van der Waals surface area contributed by atoms with Gasteiger partial charge in [-0.25, -0.2) is 4.98 Å². The third-order valence-corrected chi connectivity index (χ3v) is 4.21. The van der Waals surface area contributed by atoms with Crippen LogP contribution in [0.2, 0.25) is 0 Å². The van der Waals surface area contributed by atoms with Gasteiger partial charge in [0.25, 0.3) is 0 Å². The van der Waals surface area contributed by atoms with Gasteiger partial charge < -0.3 is 10.4 Å². The largest absolute Gasteiger partial charge is 0.392 e. The number of aromatic nitrogens is 1. The van der Waals surface area contributed by atoms with Gasteiger partial charge in [-0.15, -0.1) is 0 Å². The van der Waals surface area contributed by atoms with Gasteiger partial charge in [0.05, 0.1) is 23.3 Å². The number of hydrogen-bond acceptors (Lipinski definition) is 3. The highest BCUT2D eigenvalue weighted by Crippen LogP contribution is 2.33. The third-order valence-electron chi connectivity index (χ3n) is 4.21. The van der Waals surface area contributed by atoms with Gasteiger partial charge in [-0.3, -0.25) is 0 Å². The summed E-state index contributed by atoms with van der Waals surface area (Å²) >= 11 is 0. The zero-order valence-corrected chi connectivity index (χ0v) is 13.5. The van der Waals surface area contributed by atoms with E-state index in [0.29, 0.717) is 0 Å². The maximum atomic E-state index is 9.37. The molecule has 0 saturated carbocycles. The Balaban J connectivity index is 1.97. The van der Waals surface area contributed by atoms with Gasteiger partial charge in [-0.2, -0.15) is 0 Å².